The molecule has 5 heteroatoms. The molecule has 0 amide bonds. The summed E-state index contributed by atoms with van der Waals surface area (Å²) in [7, 11) is 0. The summed E-state index contributed by atoms with van der Waals surface area (Å²) in [5.74, 6) is -0.262. The van der Waals surface area contributed by atoms with Crippen LogP contribution in [0.1, 0.15) is 19.4 Å². The van der Waals surface area contributed by atoms with Gasteiger partial charge in [0.15, 0.2) is 0 Å². The molecule has 1 aromatic carbocycles. The molecule has 0 fully saturated rings. The van der Waals surface area contributed by atoms with E-state index in [-0.39, 0.29) is 5.82 Å². The van der Waals surface area contributed by atoms with Crippen molar-refractivity contribution in [3.8, 4) is 0 Å². The van der Waals surface area contributed by atoms with Crippen molar-refractivity contribution in [2.45, 2.75) is 32.9 Å². The normalized spacial score (nSPS) is 12.4. The van der Waals surface area contributed by atoms with Crippen molar-refractivity contribution >= 4 is 26.8 Å². The maximum Gasteiger partial charge on any atom is 0.136 e. The molecule has 17 heavy (non-hydrogen) atoms. The fraction of sp³-hybridized carbons (Fsp3) is 0.417. The zero-order valence-electron chi connectivity index (χ0n) is 9.96. The molecule has 0 aliphatic rings. The Labute approximate surface area is 107 Å². The van der Waals surface area contributed by atoms with Crippen molar-refractivity contribution in [3.63, 3.8) is 0 Å². The molecule has 1 aromatic heterocycles. The Bertz CT molecular complexity index is 572. The van der Waals surface area contributed by atoms with E-state index in [0.717, 1.165) is 5.39 Å². The van der Waals surface area contributed by atoms with E-state index >= 15 is 0 Å². The third-order valence-corrected chi connectivity index (χ3v) is 3.11. The zero-order valence-corrected chi connectivity index (χ0v) is 11.5. The number of fused-ring (bicyclic) bond motifs is 1. The van der Waals surface area contributed by atoms with Gasteiger partial charge in [0.25, 0.3) is 0 Å². The molecule has 0 saturated heterocycles. The average Bonchev–Trinajstić information content (AvgIpc) is 2.43. The molecule has 92 valence electrons. The van der Waals surface area contributed by atoms with Crippen LogP contribution in [0.5, 0.6) is 0 Å². The summed E-state index contributed by atoms with van der Waals surface area (Å²) < 4.78 is 15.8. The Kier molecular flexibility index (Phi) is 2.99. The van der Waals surface area contributed by atoms with Gasteiger partial charge in [-0.3, -0.25) is 4.68 Å². The standard InChI is InChI=1S/C12H14BrFN2O/c1-7-4-8-10(5-9(7)14)16(15-11(8)13)6-12(2,3)17/h4-5,17H,6H2,1-3H3. The minimum absolute atomic E-state index is 0.262. The van der Waals surface area contributed by atoms with Gasteiger partial charge < -0.3 is 5.11 Å². The average molecular weight is 301 g/mol. The van der Waals surface area contributed by atoms with E-state index in [4.69, 9.17) is 0 Å². The van der Waals surface area contributed by atoms with Gasteiger partial charge in [0, 0.05) is 11.5 Å². The molecule has 0 bridgehead atoms. The molecule has 1 N–H and O–H groups in total. The number of hydrogen-bond donors (Lipinski definition) is 1. The highest BCUT2D eigenvalue weighted by Gasteiger charge is 2.18. The van der Waals surface area contributed by atoms with Crippen LogP contribution in [0.25, 0.3) is 10.9 Å². The first-order valence-electron chi connectivity index (χ1n) is 5.32. The Morgan fingerprint density at radius 1 is 1.47 bits per heavy atom. The number of aryl methyl sites for hydroxylation is 1. The smallest absolute Gasteiger partial charge is 0.136 e. The van der Waals surface area contributed by atoms with Gasteiger partial charge in [-0.15, -0.1) is 0 Å². The number of halogens is 2. The van der Waals surface area contributed by atoms with E-state index in [2.05, 4.69) is 21.0 Å². The van der Waals surface area contributed by atoms with Crippen LogP contribution in [0.2, 0.25) is 0 Å². The highest BCUT2D eigenvalue weighted by atomic mass is 79.9. The minimum atomic E-state index is -0.889. The number of nitrogens with zero attached hydrogens (tertiary/aromatic N) is 2. The zero-order chi connectivity index (χ0) is 12.8. The molecule has 0 unspecified atom stereocenters. The third-order valence-electron chi connectivity index (χ3n) is 2.52. The molecular weight excluding hydrogens is 287 g/mol. The molecule has 1 heterocycles. The second-order valence-electron chi connectivity index (χ2n) is 4.88. The fourth-order valence-electron chi connectivity index (χ4n) is 1.75. The summed E-state index contributed by atoms with van der Waals surface area (Å²) in [6.45, 7) is 5.42. The van der Waals surface area contributed by atoms with E-state index in [0.29, 0.717) is 22.2 Å². The summed E-state index contributed by atoms with van der Waals surface area (Å²) in [5.41, 5.74) is 0.378. The number of aliphatic hydroxyl groups is 1. The lowest BCUT2D eigenvalue weighted by Gasteiger charge is -2.17. The SMILES string of the molecule is Cc1cc2c(Br)nn(CC(C)(C)O)c2cc1F. The Morgan fingerprint density at radius 2 is 2.12 bits per heavy atom. The maximum absolute atomic E-state index is 13.6. The summed E-state index contributed by atoms with van der Waals surface area (Å²) in [6.07, 6.45) is 0. The molecule has 0 saturated carbocycles. The summed E-state index contributed by atoms with van der Waals surface area (Å²) >= 11 is 3.35. The lowest BCUT2D eigenvalue weighted by Crippen LogP contribution is -2.26. The molecule has 0 radical (unpaired) electrons. The predicted octanol–water partition coefficient (Wildman–Crippen LogP) is 3.02. The molecule has 2 rings (SSSR count). The molecule has 0 spiro atoms. The van der Waals surface area contributed by atoms with Gasteiger partial charge in [-0.25, -0.2) is 4.39 Å². The first-order valence-corrected chi connectivity index (χ1v) is 6.12. The first-order chi connectivity index (χ1) is 7.78. The lowest BCUT2D eigenvalue weighted by molar-refractivity contribution is 0.0590. The second kappa shape index (κ2) is 4.07. The largest absolute Gasteiger partial charge is 0.389 e. The summed E-state index contributed by atoms with van der Waals surface area (Å²) in [6, 6.07) is 3.21. The van der Waals surface area contributed by atoms with Crippen molar-refractivity contribution in [3.05, 3.63) is 28.1 Å². The van der Waals surface area contributed by atoms with Gasteiger partial charge in [0.05, 0.1) is 17.7 Å². The van der Waals surface area contributed by atoms with E-state index in [1.807, 2.05) is 0 Å². The van der Waals surface area contributed by atoms with Crippen LogP contribution in [0, 0.1) is 12.7 Å². The number of benzene rings is 1. The van der Waals surface area contributed by atoms with Crippen LogP contribution < -0.4 is 0 Å². The molecule has 0 aliphatic carbocycles. The third kappa shape index (κ3) is 2.50. The van der Waals surface area contributed by atoms with Gasteiger partial charge in [-0.2, -0.15) is 5.10 Å². The van der Waals surface area contributed by atoms with E-state index < -0.39 is 5.60 Å². The van der Waals surface area contributed by atoms with Crippen molar-refractivity contribution in [2.75, 3.05) is 0 Å². The van der Waals surface area contributed by atoms with Crippen LogP contribution in [0.4, 0.5) is 4.39 Å². The van der Waals surface area contributed by atoms with Crippen LogP contribution in [0.15, 0.2) is 16.7 Å². The van der Waals surface area contributed by atoms with Gasteiger partial charge in [0.1, 0.15) is 10.4 Å². The molecule has 2 aromatic rings. The highest BCUT2D eigenvalue weighted by molar-refractivity contribution is 9.10. The number of aromatic nitrogens is 2. The molecular formula is C12H14BrFN2O. The Morgan fingerprint density at radius 3 is 2.71 bits per heavy atom. The monoisotopic (exact) mass is 300 g/mol. The van der Waals surface area contributed by atoms with E-state index in [1.165, 1.54) is 6.07 Å². The topological polar surface area (TPSA) is 38.0 Å². The summed E-state index contributed by atoms with van der Waals surface area (Å²) in [4.78, 5) is 0. The molecule has 3 nitrogen and oxygen atoms in total. The first kappa shape index (κ1) is 12.5. The van der Waals surface area contributed by atoms with Gasteiger partial charge in [0.2, 0.25) is 0 Å². The van der Waals surface area contributed by atoms with Crippen LogP contribution in [0.3, 0.4) is 0 Å². The van der Waals surface area contributed by atoms with E-state index in [1.54, 1.807) is 31.5 Å². The minimum Gasteiger partial charge on any atom is -0.389 e. The van der Waals surface area contributed by atoms with Crippen LogP contribution >= 0.6 is 15.9 Å². The molecule has 0 atom stereocenters. The predicted molar refractivity (Wildman–Crippen MR) is 68.4 cm³/mol. The van der Waals surface area contributed by atoms with Gasteiger partial charge in [-0.1, -0.05) is 0 Å². The molecule has 0 aliphatic heterocycles. The number of hydrogen-bond acceptors (Lipinski definition) is 2. The Balaban J connectivity index is 2.62. The van der Waals surface area contributed by atoms with Gasteiger partial charge in [-0.05, 0) is 48.3 Å². The van der Waals surface area contributed by atoms with Crippen molar-refractivity contribution in [1.82, 2.24) is 9.78 Å². The van der Waals surface area contributed by atoms with Crippen molar-refractivity contribution in [1.29, 1.82) is 0 Å². The van der Waals surface area contributed by atoms with Crippen molar-refractivity contribution in [2.24, 2.45) is 0 Å². The quantitative estimate of drug-likeness (QED) is 0.926. The maximum atomic E-state index is 13.6. The fourth-order valence-corrected chi connectivity index (χ4v) is 2.26. The van der Waals surface area contributed by atoms with Gasteiger partial charge >= 0.3 is 0 Å². The summed E-state index contributed by atoms with van der Waals surface area (Å²) in [5, 5.41) is 14.9. The van der Waals surface area contributed by atoms with Crippen LogP contribution in [-0.4, -0.2) is 20.5 Å². The second-order valence-corrected chi connectivity index (χ2v) is 5.63. The highest BCUT2D eigenvalue weighted by Crippen LogP contribution is 2.27. The van der Waals surface area contributed by atoms with Crippen molar-refractivity contribution < 1.29 is 9.50 Å². The number of rotatable bonds is 2. The lowest BCUT2D eigenvalue weighted by atomic mass is 10.1. The van der Waals surface area contributed by atoms with Crippen LogP contribution in [-0.2, 0) is 6.54 Å². The van der Waals surface area contributed by atoms with E-state index in [9.17, 15) is 9.50 Å². The Hall–Kier alpha value is -0.940.